The maximum atomic E-state index is 12.6. The molecule has 0 spiro atoms. The maximum absolute atomic E-state index is 12.6. The Morgan fingerprint density at radius 2 is 1.74 bits per heavy atom. The highest BCUT2D eigenvalue weighted by atomic mass is 16.4. The van der Waals surface area contributed by atoms with Gasteiger partial charge in [0.2, 0.25) is 0 Å². The van der Waals surface area contributed by atoms with Gasteiger partial charge in [0.05, 0.1) is 11.3 Å². The van der Waals surface area contributed by atoms with E-state index in [0.717, 1.165) is 5.56 Å². The van der Waals surface area contributed by atoms with Crippen LogP contribution in [0.3, 0.4) is 0 Å². The molecular weight excluding hydrogens is 292 g/mol. The number of amides is 1. The summed E-state index contributed by atoms with van der Waals surface area (Å²) in [6.45, 7) is 1.74. The van der Waals surface area contributed by atoms with Crippen molar-refractivity contribution in [2.75, 3.05) is 4.90 Å². The van der Waals surface area contributed by atoms with Gasteiger partial charge in [-0.2, -0.15) is 0 Å². The maximum Gasteiger partial charge on any atom is 0.335 e. The van der Waals surface area contributed by atoms with Crippen LogP contribution in [0.15, 0.2) is 65.3 Å². The smallest absolute Gasteiger partial charge is 0.335 e. The van der Waals surface area contributed by atoms with Crippen LogP contribution in [0.4, 0.5) is 5.69 Å². The lowest BCUT2D eigenvalue weighted by Gasteiger charge is -2.16. The van der Waals surface area contributed by atoms with Gasteiger partial charge in [-0.25, -0.2) is 9.79 Å². The molecule has 5 nitrogen and oxygen atoms in total. The molecule has 0 saturated heterocycles. The van der Waals surface area contributed by atoms with Gasteiger partial charge in [0.25, 0.3) is 5.91 Å². The monoisotopic (exact) mass is 306 g/mol. The van der Waals surface area contributed by atoms with E-state index >= 15 is 0 Å². The van der Waals surface area contributed by atoms with E-state index in [1.807, 2.05) is 30.3 Å². The van der Waals surface area contributed by atoms with Crippen molar-refractivity contribution in [1.82, 2.24) is 0 Å². The Morgan fingerprint density at radius 1 is 1.09 bits per heavy atom. The standard InChI is InChI=1S/C18H14N2O3/c1-12-19-16(11-13-5-3-2-4-6-13)17(21)20(12)15-9-7-14(8-10-15)18(22)23/h2-11H,1H3,(H,22,23)/b16-11+. The lowest BCUT2D eigenvalue weighted by Crippen LogP contribution is -2.30. The Balaban J connectivity index is 1.91. The summed E-state index contributed by atoms with van der Waals surface area (Å²) in [5, 5.41) is 8.94. The van der Waals surface area contributed by atoms with E-state index in [2.05, 4.69) is 4.99 Å². The first-order valence-corrected chi connectivity index (χ1v) is 7.06. The summed E-state index contributed by atoms with van der Waals surface area (Å²) < 4.78 is 0. The molecule has 1 aliphatic heterocycles. The minimum atomic E-state index is -1.00. The molecule has 0 saturated carbocycles. The van der Waals surface area contributed by atoms with Crippen LogP contribution in [0.25, 0.3) is 6.08 Å². The number of hydrogen-bond acceptors (Lipinski definition) is 3. The van der Waals surface area contributed by atoms with Crippen LogP contribution < -0.4 is 4.90 Å². The fourth-order valence-electron chi connectivity index (χ4n) is 2.39. The SMILES string of the molecule is CC1=N/C(=C/c2ccccc2)C(=O)N1c1ccc(C(=O)O)cc1. The molecule has 0 bridgehead atoms. The number of carboxylic acids is 1. The molecule has 1 aliphatic rings. The predicted molar refractivity (Wildman–Crippen MR) is 88.4 cm³/mol. The summed E-state index contributed by atoms with van der Waals surface area (Å²) in [4.78, 5) is 29.3. The highest BCUT2D eigenvalue weighted by Crippen LogP contribution is 2.25. The van der Waals surface area contributed by atoms with E-state index in [9.17, 15) is 9.59 Å². The molecule has 0 aromatic heterocycles. The minimum Gasteiger partial charge on any atom is -0.478 e. The summed E-state index contributed by atoms with van der Waals surface area (Å²) >= 11 is 0. The molecule has 114 valence electrons. The van der Waals surface area contributed by atoms with E-state index in [0.29, 0.717) is 17.2 Å². The molecule has 23 heavy (non-hydrogen) atoms. The topological polar surface area (TPSA) is 70.0 Å². The average Bonchev–Trinajstić information content (AvgIpc) is 2.82. The van der Waals surface area contributed by atoms with E-state index in [1.54, 1.807) is 25.1 Å². The van der Waals surface area contributed by atoms with Crippen LogP contribution in [0.1, 0.15) is 22.8 Å². The summed E-state index contributed by atoms with van der Waals surface area (Å²) in [5.41, 5.74) is 2.03. The number of aliphatic imine (C=N–C) groups is 1. The molecule has 1 amide bonds. The van der Waals surface area contributed by atoms with Gasteiger partial charge in [-0.3, -0.25) is 9.69 Å². The molecule has 1 N–H and O–H groups in total. The number of hydrogen-bond donors (Lipinski definition) is 1. The molecule has 0 unspecified atom stereocenters. The third kappa shape index (κ3) is 2.89. The van der Waals surface area contributed by atoms with Crippen molar-refractivity contribution < 1.29 is 14.7 Å². The number of amidine groups is 1. The molecule has 2 aromatic carbocycles. The zero-order chi connectivity index (χ0) is 16.4. The van der Waals surface area contributed by atoms with E-state index in [1.165, 1.54) is 17.0 Å². The number of anilines is 1. The Bertz CT molecular complexity index is 821. The number of rotatable bonds is 3. The molecule has 1 heterocycles. The molecule has 0 radical (unpaired) electrons. The molecule has 0 aliphatic carbocycles. The lowest BCUT2D eigenvalue weighted by molar-refractivity contribution is -0.113. The van der Waals surface area contributed by atoms with E-state index < -0.39 is 5.97 Å². The zero-order valence-corrected chi connectivity index (χ0v) is 12.4. The van der Waals surface area contributed by atoms with Crippen LogP contribution in [0, 0.1) is 0 Å². The fraction of sp³-hybridized carbons (Fsp3) is 0.0556. The second kappa shape index (κ2) is 5.88. The van der Waals surface area contributed by atoms with Gasteiger partial charge in [0.1, 0.15) is 11.5 Å². The fourth-order valence-corrected chi connectivity index (χ4v) is 2.39. The number of benzene rings is 2. The second-order valence-corrected chi connectivity index (χ2v) is 5.09. The summed E-state index contributed by atoms with van der Waals surface area (Å²) in [6.07, 6.45) is 1.73. The predicted octanol–water partition coefficient (Wildman–Crippen LogP) is 3.19. The number of carbonyl (C=O) groups is 2. The van der Waals surface area contributed by atoms with Crippen LogP contribution in [-0.4, -0.2) is 22.8 Å². The van der Waals surface area contributed by atoms with Gasteiger partial charge in [0.15, 0.2) is 0 Å². The third-order valence-corrected chi connectivity index (χ3v) is 3.50. The number of nitrogens with zero attached hydrogens (tertiary/aromatic N) is 2. The molecule has 0 atom stereocenters. The van der Waals surface area contributed by atoms with Crippen LogP contribution >= 0.6 is 0 Å². The van der Waals surface area contributed by atoms with Crippen molar-refractivity contribution in [2.45, 2.75) is 6.92 Å². The Morgan fingerprint density at radius 3 is 2.35 bits per heavy atom. The number of carboxylic acid groups (broad SMARTS) is 1. The molecule has 0 fully saturated rings. The quantitative estimate of drug-likeness (QED) is 0.885. The lowest BCUT2D eigenvalue weighted by atomic mass is 10.1. The molecule has 2 aromatic rings. The van der Waals surface area contributed by atoms with E-state index in [4.69, 9.17) is 5.11 Å². The van der Waals surface area contributed by atoms with Gasteiger partial charge in [-0.05, 0) is 42.8 Å². The largest absolute Gasteiger partial charge is 0.478 e. The van der Waals surface area contributed by atoms with Crippen molar-refractivity contribution in [3.05, 3.63) is 71.4 Å². The van der Waals surface area contributed by atoms with Crippen molar-refractivity contribution in [1.29, 1.82) is 0 Å². The van der Waals surface area contributed by atoms with Crippen LogP contribution in [-0.2, 0) is 4.79 Å². The van der Waals surface area contributed by atoms with Gasteiger partial charge in [0, 0.05) is 0 Å². The van der Waals surface area contributed by atoms with Crippen molar-refractivity contribution in [2.24, 2.45) is 4.99 Å². The summed E-state index contributed by atoms with van der Waals surface area (Å²) in [7, 11) is 0. The average molecular weight is 306 g/mol. The Labute approximate surface area is 133 Å². The summed E-state index contributed by atoms with van der Waals surface area (Å²) in [5.74, 6) is -0.672. The van der Waals surface area contributed by atoms with Crippen molar-refractivity contribution in [3.63, 3.8) is 0 Å². The Hall–Kier alpha value is -3.21. The molecule has 5 heteroatoms. The summed E-state index contributed by atoms with van der Waals surface area (Å²) in [6, 6.07) is 15.6. The molecule has 3 rings (SSSR count). The second-order valence-electron chi connectivity index (χ2n) is 5.09. The van der Waals surface area contributed by atoms with Gasteiger partial charge >= 0.3 is 5.97 Å². The highest BCUT2D eigenvalue weighted by molar-refractivity contribution is 6.28. The van der Waals surface area contributed by atoms with Crippen molar-refractivity contribution >= 4 is 29.5 Å². The Kier molecular flexibility index (Phi) is 3.76. The number of aromatic carboxylic acids is 1. The third-order valence-electron chi connectivity index (χ3n) is 3.50. The van der Waals surface area contributed by atoms with Crippen LogP contribution in [0.5, 0.6) is 0 Å². The minimum absolute atomic E-state index is 0.176. The number of carbonyl (C=O) groups excluding carboxylic acids is 1. The van der Waals surface area contributed by atoms with Gasteiger partial charge in [-0.15, -0.1) is 0 Å². The highest BCUT2D eigenvalue weighted by Gasteiger charge is 2.28. The first-order valence-electron chi connectivity index (χ1n) is 7.06. The normalized spacial score (nSPS) is 15.9. The zero-order valence-electron chi connectivity index (χ0n) is 12.4. The van der Waals surface area contributed by atoms with Crippen LogP contribution in [0.2, 0.25) is 0 Å². The first kappa shape index (κ1) is 14.7. The van der Waals surface area contributed by atoms with Gasteiger partial charge in [-0.1, -0.05) is 30.3 Å². The van der Waals surface area contributed by atoms with Gasteiger partial charge < -0.3 is 5.11 Å². The molecular formula is C18H14N2O3. The first-order chi connectivity index (χ1) is 11.1. The van der Waals surface area contributed by atoms with E-state index in [-0.39, 0.29) is 11.5 Å². The van der Waals surface area contributed by atoms with Crippen molar-refractivity contribution in [3.8, 4) is 0 Å².